The number of anilines is 3. The predicted molar refractivity (Wildman–Crippen MR) is 97.4 cm³/mol. The van der Waals surface area contributed by atoms with Crippen LogP contribution < -0.4 is 15.4 Å². The van der Waals surface area contributed by atoms with E-state index in [1.54, 1.807) is 12.1 Å². The lowest BCUT2D eigenvalue weighted by molar-refractivity contribution is 0.102. The average molecular weight is 370 g/mol. The van der Waals surface area contributed by atoms with Gasteiger partial charge in [-0.05, 0) is 36.8 Å². The lowest BCUT2D eigenvalue weighted by Crippen LogP contribution is -2.15. The first kappa shape index (κ1) is 18.2. The SMILES string of the molecule is COc1ccc(C)cc1NC(=O)c1cc(Nc2ccc(F)c(F)c2)ncn1. The van der Waals surface area contributed by atoms with Crippen LogP contribution in [0.25, 0.3) is 0 Å². The highest BCUT2D eigenvalue weighted by Crippen LogP contribution is 2.26. The van der Waals surface area contributed by atoms with Gasteiger partial charge < -0.3 is 15.4 Å². The number of hydrogen-bond acceptors (Lipinski definition) is 5. The molecule has 0 aliphatic rings. The summed E-state index contributed by atoms with van der Waals surface area (Å²) in [6.45, 7) is 1.89. The van der Waals surface area contributed by atoms with E-state index in [2.05, 4.69) is 20.6 Å². The maximum absolute atomic E-state index is 13.3. The van der Waals surface area contributed by atoms with Gasteiger partial charge in [-0.3, -0.25) is 4.79 Å². The van der Waals surface area contributed by atoms with Gasteiger partial charge in [0.05, 0.1) is 12.8 Å². The van der Waals surface area contributed by atoms with Crippen molar-refractivity contribution in [2.45, 2.75) is 6.92 Å². The van der Waals surface area contributed by atoms with E-state index in [1.165, 1.54) is 25.6 Å². The number of rotatable bonds is 5. The largest absolute Gasteiger partial charge is 0.495 e. The molecule has 0 aliphatic heterocycles. The fourth-order valence-corrected chi connectivity index (χ4v) is 2.38. The van der Waals surface area contributed by atoms with Crippen molar-refractivity contribution in [2.75, 3.05) is 17.7 Å². The molecule has 0 spiro atoms. The topological polar surface area (TPSA) is 76.1 Å². The van der Waals surface area contributed by atoms with Gasteiger partial charge in [0, 0.05) is 17.8 Å². The molecule has 0 saturated heterocycles. The Labute approximate surface area is 154 Å². The Morgan fingerprint density at radius 3 is 2.59 bits per heavy atom. The van der Waals surface area contributed by atoms with Crippen LogP contribution in [-0.4, -0.2) is 23.0 Å². The molecule has 1 heterocycles. The number of aryl methyl sites for hydroxylation is 1. The molecular weight excluding hydrogens is 354 g/mol. The molecule has 0 aliphatic carbocycles. The van der Waals surface area contributed by atoms with Crippen molar-refractivity contribution in [3.8, 4) is 5.75 Å². The van der Waals surface area contributed by atoms with Gasteiger partial charge in [-0.1, -0.05) is 6.07 Å². The number of nitrogens with one attached hydrogen (secondary N) is 2. The van der Waals surface area contributed by atoms with E-state index < -0.39 is 17.5 Å². The first-order valence-corrected chi connectivity index (χ1v) is 7.96. The van der Waals surface area contributed by atoms with Crippen LogP contribution in [0.4, 0.5) is 26.0 Å². The summed E-state index contributed by atoms with van der Waals surface area (Å²) in [4.78, 5) is 20.4. The first-order chi connectivity index (χ1) is 13.0. The van der Waals surface area contributed by atoms with Gasteiger partial charge in [0.1, 0.15) is 23.6 Å². The third-order valence-corrected chi connectivity index (χ3v) is 3.69. The van der Waals surface area contributed by atoms with Crippen molar-refractivity contribution in [3.63, 3.8) is 0 Å². The van der Waals surface area contributed by atoms with Crippen LogP contribution in [0.5, 0.6) is 5.75 Å². The molecule has 2 N–H and O–H groups in total. The number of amides is 1. The summed E-state index contributed by atoms with van der Waals surface area (Å²) >= 11 is 0. The molecule has 1 aromatic heterocycles. The summed E-state index contributed by atoms with van der Waals surface area (Å²) in [6, 6.07) is 10.1. The summed E-state index contributed by atoms with van der Waals surface area (Å²) in [7, 11) is 1.51. The standard InChI is InChI=1S/C19H16F2N4O2/c1-11-3-6-17(27-2)15(7-11)25-19(26)16-9-18(23-10-22-16)24-12-4-5-13(20)14(21)8-12/h3-10H,1-2H3,(H,25,26)(H,22,23,24). The number of halogens is 2. The van der Waals surface area contributed by atoms with E-state index in [0.29, 0.717) is 17.1 Å². The second kappa shape index (κ2) is 7.77. The fourth-order valence-electron chi connectivity index (χ4n) is 2.38. The number of benzene rings is 2. The minimum Gasteiger partial charge on any atom is -0.495 e. The number of ether oxygens (including phenoxy) is 1. The molecule has 3 rings (SSSR count). The zero-order valence-electron chi connectivity index (χ0n) is 14.6. The number of aromatic nitrogens is 2. The van der Waals surface area contributed by atoms with E-state index in [9.17, 15) is 13.6 Å². The van der Waals surface area contributed by atoms with Gasteiger partial charge >= 0.3 is 0 Å². The lowest BCUT2D eigenvalue weighted by atomic mass is 10.2. The quantitative estimate of drug-likeness (QED) is 0.708. The molecule has 0 unspecified atom stereocenters. The molecule has 0 atom stereocenters. The number of methoxy groups -OCH3 is 1. The van der Waals surface area contributed by atoms with Crippen molar-refractivity contribution in [1.82, 2.24) is 9.97 Å². The summed E-state index contributed by atoms with van der Waals surface area (Å²) < 4.78 is 31.6. The summed E-state index contributed by atoms with van der Waals surface area (Å²) in [5, 5.41) is 5.53. The maximum Gasteiger partial charge on any atom is 0.274 e. The zero-order valence-corrected chi connectivity index (χ0v) is 14.6. The van der Waals surface area contributed by atoms with Crippen LogP contribution in [0.1, 0.15) is 16.1 Å². The van der Waals surface area contributed by atoms with Crippen LogP contribution >= 0.6 is 0 Å². The molecule has 1 amide bonds. The Morgan fingerprint density at radius 1 is 1.04 bits per heavy atom. The number of nitrogens with zero attached hydrogens (tertiary/aromatic N) is 2. The van der Waals surface area contributed by atoms with Crippen molar-refractivity contribution in [1.29, 1.82) is 0 Å². The van der Waals surface area contributed by atoms with Crippen molar-refractivity contribution in [2.24, 2.45) is 0 Å². The molecule has 6 nitrogen and oxygen atoms in total. The van der Waals surface area contributed by atoms with Crippen LogP contribution in [0.3, 0.4) is 0 Å². The molecule has 2 aromatic carbocycles. The van der Waals surface area contributed by atoms with Crippen molar-refractivity contribution >= 4 is 23.1 Å². The van der Waals surface area contributed by atoms with E-state index in [0.717, 1.165) is 17.7 Å². The molecule has 3 aromatic rings. The third-order valence-electron chi connectivity index (χ3n) is 3.69. The van der Waals surface area contributed by atoms with E-state index in [-0.39, 0.29) is 11.5 Å². The highest BCUT2D eigenvalue weighted by atomic mass is 19.2. The Bertz CT molecular complexity index is 995. The Hall–Kier alpha value is -3.55. The second-order valence-corrected chi connectivity index (χ2v) is 5.70. The molecule has 0 bridgehead atoms. The van der Waals surface area contributed by atoms with Crippen LogP contribution in [0.2, 0.25) is 0 Å². The normalized spacial score (nSPS) is 10.4. The van der Waals surface area contributed by atoms with Gasteiger partial charge in [0.15, 0.2) is 11.6 Å². The zero-order chi connectivity index (χ0) is 19.4. The van der Waals surface area contributed by atoms with Crippen molar-refractivity contribution < 1.29 is 18.3 Å². The van der Waals surface area contributed by atoms with Crippen LogP contribution in [0, 0.1) is 18.6 Å². The van der Waals surface area contributed by atoms with Gasteiger partial charge in [0.25, 0.3) is 5.91 Å². The summed E-state index contributed by atoms with van der Waals surface area (Å²) in [5.41, 5.74) is 1.85. The van der Waals surface area contributed by atoms with Crippen LogP contribution in [-0.2, 0) is 0 Å². The molecule has 0 radical (unpaired) electrons. The Morgan fingerprint density at radius 2 is 1.85 bits per heavy atom. The molecule has 27 heavy (non-hydrogen) atoms. The van der Waals surface area contributed by atoms with Gasteiger partial charge in [-0.2, -0.15) is 0 Å². The minimum atomic E-state index is -0.987. The summed E-state index contributed by atoms with van der Waals surface area (Å²) in [5.74, 6) is -1.62. The van der Waals surface area contributed by atoms with E-state index >= 15 is 0 Å². The second-order valence-electron chi connectivity index (χ2n) is 5.70. The maximum atomic E-state index is 13.3. The summed E-state index contributed by atoms with van der Waals surface area (Å²) in [6.07, 6.45) is 1.20. The van der Waals surface area contributed by atoms with Crippen molar-refractivity contribution in [3.05, 3.63) is 71.7 Å². The van der Waals surface area contributed by atoms with Gasteiger partial charge in [0.2, 0.25) is 0 Å². The Balaban J connectivity index is 1.79. The van der Waals surface area contributed by atoms with Gasteiger partial charge in [-0.15, -0.1) is 0 Å². The molecule has 0 saturated carbocycles. The monoisotopic (exact) mass is 370 g/mol. The highest BCUT2D eigenvalue weighted by molar-refractivity contribution is 6.04. The molecule has 0 fully saturated rings. The lowest BCUT2D eigenvalue weighted by Gasteiger charge is -2.11. The van der Waals surface area contributed by atoms with E-state index in [1.807, 2.05) is 13.0 Å². The highest BCUT2D eigenvalue weighted by Gasteiger charge is 2.13. The predicted octanol–water partition coefficient (Wildman–Crippen LogP) is 4.07. The molecular formula is C19H16F2N4O2. The first-order valence-electron chi connectivity index (χ1n) is 7.96. The van der Waals surface area contributed by atoms with Gasteiger partial charge in [-0.25, -0.2) is 18.7 Å². The number of carbonyl (C=O) groups is 1. The number of hydrogen-bond donors (Lipinski definition) is 2. The molecule has 138 valence electrons. The molecule has 8 heteroatoms. The third kappa shape index (κ3) is 4.35. The minimum absolute atomic E-state index is 0.0960. The number of carbonyl (C=O) groups excluding carboxylic acids is 1. The Kier molecular flexibility index (Phi) is 5.25. The van der Waals surface area contributed by atoms with E-state index in [4.69, 9.17) is 4.74 Å². The smallest absolute Gasteiger partial charge is 0.274 e. The average Bonchev–Trinajstić information content (AvgIpc) is 2.65. The van der Waals surface area contributed by atoms with Crippen LogP contribution in [0.15, 0.2) is 48.8 Å². The fraction of sp³-hybridized carbons (Fsp3) is 0.105.